The van der Waals surface area contributed by atoms with E-state index in [1.807, 2.05) is 0 Å². The summed E-state index contributed by atoms with van der Waals surface area (Å²) in [5, 5.41) is -1.20. The quantitative estimate of drug-likeness (QED) is 0.410. The van der Waals surface area contributed by atoms with Crippen LogP contribution >= 0.6 is 57.6 Å². The van der Waals surface area contributed by atoms with Crippen molar-refractivity contribution >= 4 is 57.6 Å². The Labute approximate surface area is 85.3 Å². The van der Waals surface area contributed by atoms with Crippen molar-refractivity contribution in [1.82, 2.24) is 0 Å². The number of hydrogen-bond donors (Lipinski definition) is 0. The second-order valence-corrected chi connectivity index (χ2v) is 52.7. The van der Waals surface area contributed by atoms with Crippen molar-refractivity contribution in [3.8, 4) is 0 Å². The molecule has 0 amide bonds. The van der Waals surface area contributed by atoms with Crippen molar-refractivity contribution in [3.05, 3.63) is 0 Å². The molecule has 0 heterocycles. The van der Waals surface area contributed by atoms with Gasteiger partial charge in [-0.05, 0) is 0 Å². The first-order chi connectivity index (χ1) is 3.56. The molecule has 0 aliphatic carbocycles. The van der Waals surface area contributed by atoms with Crippen LogP contribution < -0.4 is 0 Å². The molecule has 4 heteroatoms. The molecule has 0 saturated heterocycles. The Bertz CT molecular complexity index is 58.8. The molecule has 0 aromatic carbocycles. The summed E-state index contributed by atoms with van der Waals surface area (Å²) in [7, 11) is 0. The van der Waals surface area contributed by atoms with Gasteiger partial charge in [0.05, 0.1) is 0 Å². The fourth-order valence-electron chi connectivity index (χ4n) is 0.377. The predicted octanol–water partition coefficient (Wildman–Crippen LogP) is 4.41. The third-order valence-corrected chi connectivity index (χ3v) is 8.92. The molecule has 0 rings (SSSR count). The van der Waals surface area contributed by atoms with Gasteiger partial charge in [0.25, 0.3) is 0 Å². The minimum absolute atomic E-state index is 1.20. The van der Waals surface area contributed by atoms with Gasteiger partial charge in [0, 0.05) is 0 Å². The Balaban J connectivity index is 3.11. The van der Waals surface area contributed by atoms with Crippen LogP contribution in [-0.4, -0.2) is 0 Å². The molecule has 0 saturated carbocycles. The zero-order chi connectivity index (χ0) is 6.62. The maximum atomic E-state index is 2.66. The van der Waals surface area contributed by atoms with E-state index < -0.39 is 5.34 Å². The van der Waals surface area contributed by atoms with E-state index in [0.717, 1.165) is 0 Å². The molecule has 0 radical (unpaired) electrons. The van der Waals surface area contributed by atoms with E-state index in [-0.39, 0.29) is 0 Å². The van der Waals surface area contributed by atoms with Gasteiger partial charge >= 0.3 is 87.4 Å². The first-order valence-corrected chi connectivity index (χ1v) is 18.8. The topological polar surface area (TPSA) is 0 Å². The minimum atomic E-state index is -1.20. The summed E-state index contributed by atoms with van der Waals surface area (Å²) in [6, 6.07) is 0. The number of rotatable bonds is 3. The monoisotopic (exact) mass is 486 g/mol. The molecule has 0 N–H and O–H groups in total. The zero-order valence-corrected chi connectivity index (χ0v) is 12.8. The number of halogens is 3. The maximum absolute atomic E-state index is 2.66. The van der Waals surface area contributed by atoms with Gasteiger partial charge in [0.2, 0.25) is 0 Å². The van der Waals surface area contributed by atoms with Crippen LogP contribution in [0.15, 0.2) is 0 Å². The molecular weight excluding hydrogens is 477 g/mol. The summed E-state index contributed by atoms with van der Waals surface area (Å²) < 4.78 is 1.51. The van der Waals surface area contributed by atoms with Gasteiger partial charge in [-0.2, -0.15) is 0 Å². The Morgan fingerprint density at radius 3 is 1.88 bits per heavy atom. The fourth-order valence-corrected chi connectivity index (χ4v) is 6.27. The number of hydrogen-bond acceptors (Lipinski definition) is 0. The van der Waals surface area contributed by atoms with Crippen LogP contribution in [0.3, 0.4) is 0 Å². The molecule has 0 aromatic heterocycles. The van der Waals surface area contributed by atoms with Crippen molar-refractivity contribution in [2.45, 2.75) is 24.5 Å². The molecule has 0 bridgehead atoms. The summed E-state index contributed by atoms with van der Waals surface area (Å²) >= 11 is 7.98. The van der Waals surface area contributed by atoms with Crippen molar-refractivity contribution in [3.63, 3.8) is 0 Å². The van der Waals surface area contributed by atoms with Crippen LogP contribution in [0.1, 0.15) is 19.8 Å². The molecule has 0 nitrogen and oxygen atoms in total. The molecule has 50 valence electrons. The summed E-state index contributed by atoms with van der Waals surface area (Å²) in [5.41, 5.74) is 0. The number of unbranched alkanes of at least 4 members (excludes halogenated alkanes) is 1. The molecule has 0 unspecified atom stereocenters. The van der Waals surface area contributed by atoms with Crippen molar-refractivity contribution in [2.24, 2.45) is 0 Å². The molecule has 0 aliphatic heterocycles. The predicted molar refractivity (Wildman–Crippen MR) is 61.8 cm³/mol. The standard InChI is InChI=1S/C4H9.3HI.Ti/c1-3-4-2;;;;/h1,3-4H2,2H3;3*1H;/q;;;;+3/p-3. The second kappa shape index (κ2) is 5.54. The molecule has 0 spiro atoms. The van der Waals surface area contributed by atoms with Gasteiger partial charge in [0.1, 0.15) is 0 Å². The Morgan fingerprint density at radius 1 is 1.25 bits per heavy atom. The van der Waals surface area contributed by atoms with E-state index in [0.29, 0.717) is 0 Å². The van der Waals surface area contributed by atoms with E-state index >= 15 is 0 Å². The van der Waals surface area contributed by atoms with Gasteiger partial charge in [-0.3, -0.25) is 0 Å². The van der Waals surface area contributed by atoms with Crippen LogP contribution in [0, 0.1) is 0 Å². The normalized spacial score (nSPS) is 12.0. The molecular formula is C4H9I3Ti. The second-order valence-electron chi connectivity index (χ2n) is 1.72. The van der Waals surface area contributed by atoms with Gasteiger partial charge in [-0.1, -0.05) is 0 Å². The van der Waals surface area contributed by atoms with Crippen LogP contribution in [0.4, 0.5) is 0 Å². The summed E-state index contributed by atoms with van der Waals surface area (Å²) in [6.45, 7) is 2.26. The zero-order valence-electron chi connectivity index (χ0n) is 4.76. The fraction of sp³-hybridized carbons (Fsp3) is 1.00. The van der Waals surface area contributed by atoms with E-state index in [4.69, 9.17) is 0 Å². The van der Waals surface area contributed by atoms with Gasteiger partial charge in [-0.15, -0.1) is 0 Å². The molecule has 8 heavy (non-hydrogen) atoms. The average molecular weight is 486 g/mol. The van der Waals surface area contributed by atoms with Crippen LogP contribution in [0.2, 0.25) is 4.73 Å². The molecule has 0 fully saturated rings. The molecule has 0 aromatic rings. The summed E-state index contributed by atoms with van der Waals surface area (Å²) in [5.74, 6) is 0. The third-order valence-electron chi connectivity index (χ3n) is 0.814. The Morgan fingerprint density at radius 2 is 1.75 bits per heavy atom. The third kappa shape index (κ3) is 8.90. The Kier molecular flexibility index (Phi) is 7.55. The molecule has 0 aliphatic rings. The van der Waals surface area contributed by atoms with Crippen LogP contribution in [0.25, 0.3) is 0 Å². The summed E-state index contributed by atoms with van der Waals surface area (Å²) in [6.07, 6.45) is 2.80. The van der Waals surface area contributed by atoms with E-state index in [1.165, 1.54) is 17.6 Å². The average Bonchev–Trinajstić information content (AvgIpc) is 1.59. The first-order valence-electron chi connectivity index (χ1n) is 2.63. The van der Waals surface area contributed by atoms with Gasteiger partial charge in [-0.25, -0.2) is 0 Å². The van der Waals surface area contributed by atoms with Crippen molar-refractivity contribution in [2.75, 3.05) is 0 Å². The first kappa shape index (κ1) is 10.9. The van der Waals surface area contributed by atoms with Crippen molar-refractivity contribution < 1.29 is 5.34 Å². The van der Waals surface area contributed by atoms with Gasteiger partial charge < -0.3 is 0 Å². The van der Waals surface area contributed by atoms with Gasteiger partial charge in [0.15, 0.2) is 0 Å². The van der Waals surface area contributed by atoms with E-state index in [1.54, 1.807) is 0 Å². The SMILES string of the molecule is CCC[CH2][Ti]([I])([I])[I]. The van der Waals surface area contributed by atoms with Crippen LogP contribution in [0.5, 0.6) is 0 Å². The van der Waals surface area contributed by atoms with Crippen molar-refractivity contribution in [1.29, 1.82) is 0 Å². The van der Waals surface area contributed by atoms with E-state index in [9.17, 15) is 0 Å². The Hall–Kier alpha value is 2.90. The van der Waals surface area contributed by atoms with E-state index in [2.05, 4.69) is 64.5 Å². The molecule has 0 atom stereocenters. The summed E-state index contributed by atoms with van der Waals surface area (Å²) in [4.78, 5) is 0. The van der Waals surface area contributed by atoms with Crippen LogP contribution in [-0.2, 0) is 5.34 Å².